The van der Waals surface area contributed by atoms with E-state index in [1.807, 2.05) is 38.1 Å². The van der Waals surface area contributed by atoms with Gasteiger partial charge in [0.25, 0.3) is 0 Å². The van der Waals surface area contributed by atoms with Gasteiger partial charge in [-0.1, -0.05) is 48.5 Å². The molecule has 0 spiro atoms. The average Bonchev–Trinajstić information content (AvgIpc) is 2.97. The summed E-state index contributed by atoms with van der Waals surface area (Å²) >= 11 is 0. The number of benzene rings is 2. The highest BCUT2D eigenvalue weighted by atomic mass is 16.6. The summed E-state index contributed by atoms with van der Waals surface area (Å²) in [5.41, 5.74) is 4.73. The predicted molar refractivity (Wildman–Crippen MR) is 104 cm³/mol. The van der Waals surface area contributed by atoms with Crippen LogP contribution >= 0.6 is 0 Å². The summed E-state index contributed by atoms with van der Waals surface area (Å²) in [4.78, 5) is 24.9. The Labute approximate surface area is 159 Å². The number of fused-ring (bicyclic) bond motifs is 3. The average molecular weight is 367 g/mol. The van der Waals surface area contributed by atoms with Crippen LogP contribution in [0.5, 0.6) is 0 Å². The number of ether oxygens (including phenoxy) is 1. The van der Waals surface area contributed by atoms with E-state index < -0.39 is 12.1 Å². The lowest BCUT2D eigenvalue weighted by Gasteiger charge is -2.26. The lowest BCUT2D eigenvalue weighted by atomic mass is 9.98. The maximum absolute atomic E-state index is 12.6. The van der Waals surface area contributed by atoms with Gasteiger partial charge in [-0.05, 0) is 42.5 Å². The number of carboxylic acid groups (broad SMARTS) is 1. The van der Waals surface area contributed by atoms with Gasteiger partial charge in [0.2, 0.25) is 0 Å². The zero-order valence-corrected chi connectivity index (χ0v) is 15.7. The Kier molecular flexibility index (Phi) is 5.79. The molecule has 27 heavy (non-hydrogen) atoms. The fourth-order valence-corrected chi connectivity index (χ4v) is 3.64. The van der Waals surface area contributed by atoms with Gasteiger partial charge in [-0.25, -0.2) is 4.79 Å². The molecule has 0 radical (unpaired) electrons. The molecule has 0 aliphatic heterocycles. The molecule has 0 bridgehead atoms. The first-order valence-corrected chi connectivity index (χ1v) is 9.32. The maximum Gasteiger partial charge on any atom is 0.410 e. The predicted octanol–water partition coefficient (Wildman–Crippen LogP) is 4.51. The van der Waals surface area contributed by atoms with E-state index in [1.165, 1.54) is 22.3 Å². The number of carbonyl (C=O) groups is 2. The van der Waals surface area contributed by atoms with Gasteiger partial charge in [0.1, 0.15) is 6.61 Å². The fraction of sp³-hybridized carbons (Fsp3) is 0.364. The van der Waals surface area contributed by atoms with Crippen LogP contribution < -0.4 is 0 Å². The Hall–Kier alpha value is -2.82. The SMILES string of the molecule is CC(C)N(CCCC(=O)O)C(=O)OCC1c2ccccc2-c2ccccc21. The van der Waals surface area contributed by atoms with Crippen LogP contribution in [0, 0.1) is 0 Å². The smallest absolute Gasteiger partial charge is 0.410 e. The Balaban J connectivity index is 1.70. The van der Waals surface area contributed by atoms with Gasteiger partial charge in [-0.2, -0.15) is 0 Å². The molecule has 1 amide bonds. The van der Waals surface area contributed by atoms with Crippen molar-refractivity contribution in [2.75, 3.05) is 13.2 Å². The number of carbonyl (C=O) groups excluding carboxylic acids is 1. The summed E-state index contributed by atoms with van der Waals surface area (Å²) in [5, 5.41) is 8.80. The quantitative estimate of drug-likeness (QED) is 0.782. The van der Waals surface area contributed by atoms with Gasteiger partial charge in [-0.3, -0.25) is 4.79 Å². The molecule has 0 saturated heterocycles. The maximum atomic E-state index is 12.6. The first-order valence-electron chi connectivity index (χ1n) is 9.32. The van der Waals surface area contributed by atoms with Crippen LogP contribution in [-0.2, 0) is 9.53 Å². The Morgan fingerprint density at radius 1 is 1.04 bits per heavy atom. The zero-order valence-electron chi connectivity index (χ0n) is 15.7. The van der Waals surface area contributed by atoms with Crippen molar-refractivity contribution in [2.24, 2.45) is 0 Å². The van der Waals surface area contributed by atoms with Gasteiger partial charge in [0, 0.05) is 24.9 Å². The van der Waals surface area contributed by atoms with E-state index in [0.717, 1.165) is 0 Å². The minimum absolute atomic E-state index is 0.0226. The molecule has 3 rings (SSSR count). The molecule has 0 saturated carbocycles. The first-order chi connectivity index (χ1) is 13.0. The molecule has 2 aromatic carbocycles. The molecular formula is C22H25NO4. The Morgan fingerprint density at radius 3 is 2.11 bits per heavy atom. The number of aliphatic carboxylic acids is 1. The van der Waals surface area contributed by atoms with E-state index in [4.69, 9.17) is 9.84 Å². The zero-order chi connectivity index (χ0) is 19.4. The molecular weight excluding hydrogens is 342 g/mol. The van der Waals surface area contributed by atoms with Crippen molar-refractivity contribution in [3.05, 3.63) is 59.7 Å². The van der Waals surface area contributed by atoms with Gasteiger partial charge in [0.15, 0.2) is 0 Å². The summed E-state index contributed by atoms with van der Waals surface area (Å²) in [7, 11) is 0. The van der Waals surface area contributed by atoms with E-state index in [0.29, 0.717) is 13.0 Å². The number of hydrogen-bond donors (Lipinski definition) is 1. The molecule has 5 heteroatoms. The summed E-state index contributed by atoms with van der Waals surface area (Å²) in [6, 6.07) is 16.4. The summed E-state index contributed by atoms with van der Waals surface area (Å²) in [5.74, 6) is -0.833. The number of amides is 1. The van der Waals surface area contributed by atoms with Gasteiger partial charge in [0.05, 0.1) is 0 Å². The number of hydrogen-bond acceptors (Lipinski definition) is 3. The van der Waals surface area contributed by atoms with Crippen molar-refractivity contribution >= 4 is 12.1 Å². The van der Waals surface area contributed by atoms with E-state index in [1.54, 1.807) is 4.90 Å². The van der Waals surface area contributed by atoms with Crippen LogP contribution in [0.15, 0.2) is 48.5 Å². The highest BCUT2D eigenvalue weighted by Crippen LogP contribution is 2.44. The van der Waals surface area contributed by atoms with Crippen LogP contribution in [0.1, 0.15) is 43.7 Å². The van der Waals surface area contributed by atoms with Crippen LogP contribution in [-0.4, -0.2) is 41.3 Å². The van der Waals surface area contributed by atoms with Crippen LogP contribution in [0.25, 0.3) is 11.1 Å². The Bertz CT molecular complexity index is 785. The van der Waals surface area contributed by atoms with Gasteiger partial charge in [-0.15, -0.1) is 0 Å². The second-order valence-electron chi connectivity index (χ2n) is 7.09. The molecule has 0 heterocycles. The largest absolute Gasteiger partial charge is 0.481 e. The second-order valence-corrected chi connectivity index (χ2v) is 7.09. The third-order valence-corrected chi connectivity index (χ3v) is 4.98. The molecule has 0 fully saturated rings. The first kappa shape index (κ1) is 19.0. The fourth-order valence-electron chi connectivity index (χ4n) is 3.64. The Morgan fingerprint density at radius 2 is 1.59 bits per heavy atom. The third-order valence-electron chi connectivity index (χ3n) is 4.98. The molecule has 0 aromatic heterocycles. The highest BCUT2D eigenvalue weighted by molar-refractivity contribution is 5.79. The number of rotatable bonds is 7. The lowest BCUT2D eigenvalue weighted by molar-refractivity contribution is -0.137. The molecule has 2 aromatic rings. The third kappa shape index (κ3) is 4.13. The summed E-state index contributed by atoms with van der Waals surface area (Å²) in [6.45, 7) is 4.46. The summed E-state index contributed by atoms with van der Waals surface area (Å²) in [6.07, 6.45) is 0.0645. The number of carboxylic acids is 1. The second kappa shape index (κ2) is 8.25. The molecule has 1 N–H and O–H groups in total. The normalized spacial score (nSPS) is 12.6. The van der Waals surface area contributed by atoms with Crippen molar-refractivity contribution in [2.45, 2.75) is 38.6 Å². The van der Waals surface area contributed by atoms with Gasteiger partial charge < -0.3 is 14.7 Å². The van der Waals surface area contributed by atoms with Crippen molar-refractivity contribution in [1.29, 1.82) is 0 Å². The minimum atomic E-state index is -0.855. The molecule has 0 unspecified atom stereocenters. The van der Waals surface area contributed by atoms with Crippen molar-refractivity contribution in [3.8, 4) is 11.1 Å². The molecule has 0 atom stereocenters. The summed E-state index contributed by atoms with van der Waals surface area (Å²) < 4.78 is 5.66. The van der Waals surface area contributed by atoms with Crippen LogP contribution in [0.2, 0.25) is 0 Å². The number of nitrogens with zero attached hydrogens (tertiary/aromatic N) is 1. The van der Waals surface area contributed by atoms with Crippen molar-refractivity contribution in [1.82, 2.24) is 4.90 Å². The van der Waals surface area contributed by atoms with Crippen molar-refractivity contribution < 1.29 is 19.4 Å². The molecule has 142 valence electrons. The van der Waals surface area contributed by atoms with Crippen LogP contribution in [0.3, 0.4) is 0 Å². The van der Waals surface area contributed by atoms with E-state index in [2.05, 4.69) is 24.3 Å². The van der Waals surface area contributed by atoms with Crippen molar-refractivity contribution in [3.63, 3.8) is 0 Å². The van der Waals surface area contributed by atoms with E-state index in [-0.39, 0.29) is 25.0 Å². The molecule has 1 aliphatic carbocycles. The van der Waals surface area contributed by atoms with Crippen LogP contribution in [0.4, 0.5) is 4.79 Å². The van der Waals surface area contributed by atoms with E-state index >= 15 is 0 Å². The highest BCUT2D eigenvalue weighted by Gasteiger charge is 2.30. The molecule has 1 aliphatic rings. The molecule has 5 nitrogen and oxygen atoms in total. The topological polar surface area (TPSA) is 66.8 Å². The lowest BCUT2D eigenvalue weighted by Crippen LogP contribution is -2.38. The standard InChI is InChI=1S/C22H25NO4/c1-15(2)23(13-7-12-21(24)25)22(26)27-14-20-18-10-5-3-8-16(18)17-9-4-6-11-19(17)20/h3-6,8-11,15,20H,7,12-14H2,1-2H3,(H,24,25). The minimum Gasteiger partial charge on any atom is -0.481 e. The van der Waals surface area contributed by atoms with Gasteiger partial charge >= 0.3 is 12.1 Å². The monoisotopic (exact) mass is 367 g/mol. The van der Waals surface area contributed by atoms with E-state index in [9.17, 15) is 9.59 Å².